The van der Waals surface area contributed by atoms with E-state index in [1.165, 1.54) is 36.5 Å². The zero-order chi connectivity index (χ0) is 14.6. The van der Waals surface area contributed by atoms with Crippen LogP contribution in [0, 0.1) is 17.1 Å². The molecule has 1 aromatic heterocycles. The fourth-order valence-electron chi connectivity index (χ4n) is 1.54. The highest BCUT2D eigenvalue weighted by Crippen LogP contribution is 2.14. The highest BCUT2D eigenvalue weighted by molar-refractivity contribution is 7.91. The van der Waals surface area contributed by atoms with E-state index in [-0.39, 0.29) is 11.6 Å². The number of anilines is 1. The van der Waals surface area contributed by atoms with Gasteiger partial charge >= 0.3 is 0 Å². The maximum absolute atomic E-state index is 13.3. The zero-order valence-electron chi connectivity index (χ0n) is 10.2. The SMILES string of the molecule is N#Cc1ccc(CS(=O)(=O)Nc2ncccc2F)cc1. The summed E-state index contributed by atoms with van der Waals surface area (Å²) in [4.78, 5) is 3.62. The van der Waals surface area contributed by atoms with Gasteiger partial charge in [-0.25, -0.2) is 17.8 Å². The number of halogens is 1. The lowest BCUT2D eigenvalue weighted by Gasteiger charge is -2.07. The fraction of sp³-hybridized carbons (Fsp3) is 0.0769. The minimum absolute atomic E-state index is 0.325. The molecule has 0 bridgehead atoms. The highest BCUT2D eigenvalue weighted by atomic mass is 32.2. The molecule has 0 fully saturated rings. The third-order valence-corrected chi connectivity index (χ3v) is 3.67. The minimum Gasteiger partial charge on any atom is -0.265 e. The van der Waals surface area contributed by atoms with Gasteiger partial charge in [0.1, 0.15) is 0 Å². The predicted molar refractivity (Wildman–Crippen MR) is 71.6 cm³/mol. The van der Waals surface area contributed by atoms with Gasteiger partial charge in [-0.2, -0.15) is 5.26 Å². The number of nitrogens with one attached hydrogen (secondary N) is 1. The second-order valence-electron chi connectivity index (χ2n) is 4.00. The van der Waals surface area contributed by atoms with Crippen LogP contribution in [0.25, 0.3) is 0 Å². The Morgan fingerprint density at radius 2 is 1.95 bits per heavy atom. The van der Waals surface area contributed by atoms with Gasteiger partial charge in [-0.3, -0.25) is 4.72 Å². The molecule has 0 unspecified atom stereocenters. The summed E-state index contributed by atoms with van der Waals surface area (Å²) in [7, 11) is -3.77. The number of nitriles is 1. The highest BCUT2D eigenvalue weighted by Gasteiger charge is 2.14. The molecule has 1 N–H and O–H groups in total. The monoisotopic (exact) mass is 291 g/mol. The first-order chi connectivity index (χ1) is 9.50. The molecule has 0 aliphatic carbocycles. The molecule has 0 saturated carbocycles. The number of nitrogens with zero attached hydrogens (tertiary/aromatic N) is 2. The van der Waals surface area contributed by atoms with E-state index in [9.17, 15) is 12.8 Å². The van der Waals surface area contributed by atoms with E-state index < -0.39 is 15.8 Å². The van der Waals surface area contributed by atoms with Crippen LogP contribution in [0.3, 0.4) is 0 Å². The number of aromatic nitrogens is 1. The minimum atomic E-state index is -3.77. The molecule has 2 rings (SSSR count). The summed E-state index contributed by atoms with van der Waals surface area (Å²) in [6.45, 7) is 0. The molecule has 5 nitrogen and oxygen atoms in total. The molecule has 0 saturated heterocycles. The van der Waals surface area contributed by atoms with Crippen molar-refractivity contribution >= 4 is 15.8 Å². The van der Waals surface area contributed by atoms with Gasteiger partial charge in [0, 0.05) is 6.20 Å². The number of pyridine rings is 1. The standard InChI is InChI=1S/C13H10FN3O2S/c14-12-2-1-7-16-13(12)17-20(18,19)9-11-5-3-10(8-15)4-6-11/h1-7H,9H2,(H,16,17). The summed E-state index contributed by atoms with van der Waals surface area (Å²) >= 11 is 0. The maximum Gasteiger partial charge on any atom is 0.238 e. The first-order valence-corrected chi connectivity index (χ1v) is 7.25. The van der Waals surface area contributed by atoms with Gasteiger partial charge in [-0.1, -0.05) is 12.1 Å². The number of sulfonamides is 1. The quantitative estimate of drug-likeness (QED) is 0.934. The molecule has 0 amide bonds. The normalized spacial score (nSPS) is 10.8. The van der Waals surface area contributed by atoms with Gasteiger partial charge in [0.25, 0.3) is 0 Å². The largest absolute Gasteiger partial charge is 0.265 e. The second kappa shape index (κ2) is 5.67. The van der Waals surface area contributed by atoms with Crippen molar-refractivity contribution in [1.82, 2.24) is 4.98 Å². The summed E-state index contributed by atoms with van der Waals surface area (Å²) < 4.78 is 39.2. The number of hydrogen-bond donors (Lipinski definition) is 1. The Kier molecular flexibility index (Phi) is 3.96. The van der Waals surface area contributed by atoms with Crippen LogP contribution in [0.5, 0.6) is 0 Å². The Bertz CT molecular complexity index is 752. The Hall–Kier alpha value is -2.46. The Labute approximate surface area is 115 Å². The molecule has 2 aromatic rings. The van der Waals surface area contributed by atoms with Crippen LogP contribution in [-0.4, -0.2) is 13.4 Å². The summed E-state index contributed by atoms with van der Waals surface area (Å²) in [5.74, 6) is -1.40. The predicted octanol–water partition coefficient (Wildman–Crippen LogP) is 2.03. The first-order valence-electron chi connectivity index (χ1n) is 5.60. The summed E-state index contributed by atoms with van der Waals surface area (Å²) in [5, 5.41) is 8.66. The molecule has 20 heavy (non-hydrogen) atoms. The molecule has 0 radical (unpaired) electrons. The van der Waals surface area contributed by atoms with Gasteiger partial charge in [0.2, 0.25) is 10.0 Å². The van der Waals surface area contributed by atoms with Gasteiger partial charge in [0.05, 0.1) is 17.4 Å². The molecule has 1 aromatic carbocycles. The number of rotatable bonds is 4. The van der Waals surface area contributed by atoms with Crippen LogP contribution < -0.4 is 4.72 Å². The Morgan fingerprint density at radius 1 is 1.25 bits per heavy atom. The van der Waals surface area contributed by atoms with Crippen LogP contribution in [0.15, 0.2) is 42.6 Å². The number of hydrogen-bond acceptors (Lipinski definition) is 4. The summed E-state index contributed by atoms with van der Waals surface area (Å²) in [6.07, 6.45) is 1.29. The summed E-state index contributed by atoms with van der Waals surface area (Å²) in [6, 6.07) is 10.5. The molecule has 0 atom stereocenters. The lowest BCUT2D eigenvalue weighted by Crippen LogP contribution is -2.16. The van der Waals surface area contributed by atoms with Crippen molar-refractivity contribution in [1.29, 1.82) is 5.26 Å². The molecule has 102 valence electrons. The fourth-order valence-corrected chi connectivity index (χ4v) is 2.69. The smallest absolute Gasteiger partial charge is 0.238 e. The van der Waals surface area contributed by atoms with E-state index in [2.05, 4.69) is 9.71 Å². The second-order valence-corrected chi connectivity index (χ2v) is 5.73. The van der Waals surface area contributed by atoms with E-state index >= 15 is 0 Å². The van der Waals surface area contributed by atoms with Crippen molar-refractivity contribution in [2.45, 2.75) is 5.75 Å². The molecule has 0 spiro atoms. The van der Waals surface area contributed by atoms with Gasteiger partial charge in [0.15, 0.2) is 11.6 Å². The Morgan fingerprint density at radius 3 is 2.55 bits per heavy atom. The average Bonchev–Trinajstić information content (AvgIpc) is 2.41. The average molecular weight is 291 g/mol. The van der Waals surface area contributed by atoms with Crippen molar-refractivity contribution in [3.63, 3.8) is 0 Å². The van der Waals surface area contributed by atoms with Crippen LogP contribution in [0.1, 0.15) is 11.1 Å². The van der Waals surface area contributed by atoms with Crippen molar-refractivity contribution in [3.05, 3.63) is 59.5 Å². The van der Waals surface area contributed by atoms with E-state index in [1.807, 2.05) is 6.07 Å². The van der Waals surface area contributed by atoms with Crippen LogP contribution in [0.2, 0.25) is 0 Å². The van der Waals surface area contributed by atoms with Gasteiger partial charge < -0.3 is 0 Å². The topological polar surface area (TPSA) is 82.8 Å². The van der Waals surface area contributed by atoms with Crippen molar-refractivity contribution in [3.8, 4) is 6.07 Å². The van der Waals surface area contributed by atoms with Gasteiger partial charge in [-0.05, 0) is 29.8 Å². The molecular formula is C13H10FN3O2S. The van der Waals surface area contributed by atoms with E-state index in [0.717, 1.165) is 6.07 Å². The summed E-state index contributed by atoms with van der Waals surface area (Å²) in [5.41, 5.74) is 0.933. The van der Waals surface area contributed by atoms with Crippen LogP contribution >= 0.6 is 0 Å². The van der Waals surface area contributed by atoms with E-state index in [1.54, 1.807) is 0 Å². The van der Waals surface area contributed by atoms with Crippen molar-refractivity contribution < 1.29 is 12.8 Å². The maximum atomic E-state index is 13.3. The van der Waals surface area contributed by atoms with Gasteiger partial charge in [-0.15, -0.1) is 0 Å². The number of benzene rings is 1. The first kappa shape index (κ1) is 14.0. The molecule has 1 heterocycles. The molecule has 0 aliphatic rings. The molecular weight excluding hydrogens is 281 g/mol. The van der Waals surface area contributed by atoms with Crippen molar-refractivity contribution in [2.24, 2.45) is 0 Å². The van der Waals surface area contributed by atoms with E-state index in [0.29, 0.717) is 11.1 Å². The third-order valence-electron chi connectivity index (χ3n) is 2.45. The molecule has 0 aliphatic heterocycles. The lowest BCUT2D eigenvalue weighted by molar-refractivity contribution is 0.596. The van der Waals surface area contributed by atoms with E-state index in [4.69, 9.17) is 5.26 Å². The lowest BCUT2D eigenvalue weighted by atomic mass is 10.2. The zero-order valence-corrected chi connectivity index (χ0v) is 11.1. The van der Waals surface area contributed by atoms with Crippen LogP contribution in [0.4, 0.5) is 10.2 Å². The third kappa shape index (κ3) is 3.52. The molecule has 7 heteroatoms. The van der Waals surface area contributed by atoms with Crippen molar-refractivity contribution in [2.75, 3.05) is 4.72 Å². The van der Waals surface area contributed by atoms with Crippen LogP contribution in [-0.2, 0) is 15.8 Å². The Balaban J connectivity index is 2.15.